The summed E-state index contributed by atoms with van der Waals surface area (Å²) in [5.74, 6) is 0.197. The summed E-state index contributed by atoms with van der Waals surface area (Å²) in [6.45, 7) is 7.19. The standard InChI is InChI=1S/C17H29N3O2S/c1-17(2,3)14-11-23-15(20-14)8-9-18-16(22)19-13-7-5-4-6-12(13)10-21/h11-13,21H,4-10H2,1-3H3,(H2,18,19,22). The molecule has 1 saturated carbocycles. The fraction of sp³-hybridized carbons (Fsp3) is 0.765. The van der Waals surface area contributed by atoms with E-state index in [0.717, 1.165) is 42.8 Å². The molecule has 1 aliphatic rings. The van der Waals surface area contributed by atoms with Crippen molar-refractivity contribution in [3.8, 4) is 0 Å². The molecule has 1 heterocycles. The second kappa shape index (κ2) is 8.11. The first-order valence-electron chi connectivity index (χ1n) is 8.50. The quantitative estimate of drug-likeness (QED) is 0.772. The minimum atomic E-state index is -0.136. The van der Waals surface area contributed by atoms with Crippen LogP contribution in [0, 0.1) is 5.92 Å². The second-order valence-corrected chi connectivity index (χ2v) is 8.30. The van der Waals surface area contributed by atoms with E-state index in [4.69, 9.17) is 0 Å². The Balaban J connectivity index is 1.73. The van der Waals surface area contributed by atoms with Gasteiger partial charge in [-0.25, -0.2) is 9.78 Å². The lowest BCUT2D eigenvalue weighted by atomic mass is 9.85. The van der Waals surface area contributed by atoms with Crippen LogP contribution in [0.2, 0.25) is 0 Å². The van der Waals surface area contributed by atoms with Crippen LogP contribution in [-0.4, -0.2) is 35.3 Å². The molecule has 1 fully saturated rings. The van der Waals surface area contributed by atoms with Gasteiger partial charge in [-0.1, -0.05) is 33.6 Å². The van der Waals surface area contributed by atoms with Crippen LogP contribution in [0.1, 0.15) is 57.2 Å². The van der Waals surface area contributed by atoms with Gasteiger partial charge >= 0.3 is 6.03 Å². The molecule has 0 aromatic carbocycles. The molecule has 23 heavy (non-hydrogen) atoms. The van der Waals surface area contributed by atoms with E-state index in [1.807, 2.05) is 0 Å². The highest BCUT2D eigenvalue weighted by molar-refractivity contribution is 7.09. The summed E-state index contributed by atoms with van der Waals surface area (Å²) in [6, 6.07) is -0.0379. The lowest BCUT2D eigenvalue weighted by Crippen LogP contribution is -2.48. The molecule has 2 unspecified atom stereocenters. The van der Waals surface area contributed by atoms with Crippen LogP contribution in [0.15, 0.2) is 5.38 Å². The Morgan fingerprint density at radius 2 is 2.13 bits per heavy atom. The topological polar surface area (TPSA) is 74.2 Å². The minimum absolute atomic E-state index is 0.0693. The number of thiazole rings is 1. The van der Waals surface area contributed by atoms with Crippen LogP contribution in [0.3, 0.4) is 0 Å². The van der Waals surface area contributed by atoms with E-state index in [1.54, 1.807) is 11.3 Å². The summed E-state index contributed by atoms with van der Waals surface area (Å²) in [7, 11) is 0. The number of nitrogens with zero attached hydrogens (tertiary/aromatic N) is 1. The van der Waals surface area contributed by atoms with Crippen molar-refractivity contribution in [1.82, 2.24) is 15.6 Å². The second-order valence-electron chi connectivity index (χ2n) is 7.36. The molecule has 2 rings (SSSR count). The molecule has 6 heteroatoms. The predicted octanol–water partition coefficient (Wildman–Crippen LogP) is 2.83. The van der Waals surface area contributed by atoms with Gasteiger partial charge in [-0.05, 0) is 12.8 Å². The van der Waals surface area contributed by atoms with Crippen molar-refractivity contribution in [2.45, 2.75) is 64.3 Å². The van der Waals surface area contributed by atoms with Crippen LogP contribution in [0.5, 0.6) is 0 Å². The molecule has 0 saturated heterocycles. The normalized spacial score (nSPS) is 21.9. The molecule has 1 aromatic heterocycles. The van der Waals surface area contributed by atoms with Gasteiger partial charge in [-0.15, -0.1) is 11.3 Å². The van der Waals surface area contributed by atoms with Crippen molar-refractivity contribution in [2.75, 3.05) is 13.2 Å². The van der Waals surface area contributed by atoms with Crippen molar-refractivity contribution < 1.29 is 9.90 Å². The van der Waals surface area contributed by atoms with Crippen molar-refractivity contribution in [3.63, 3.8) is 0 Å². The molecule has 0 spiro atoms. The number of carbonyl (C=O) groups excluding carboxylic acids is 1. The Morgan fingerprint density at radius 3 is 2.78 bits per heavy atom. The van der Waals surface area contributed by atoms with Crippen molar-refractivity contribution in [3.05, 3.63) is 16.1 Å². The zero-order valence-corrected chi connectivity index (χ0v) is 15.2. The van der Waals surface area contributed by atoms with Crippen molar-refractivity contribution >= 4 is 17.4 Å². The fourth-order valence-corrected chi connectivity index (χ4v) is 3.91. The average molecular weight is 340 g/mol. The zero-order chi connectivity index (χ0) is 16.9. The summed E-state index contributed by atoms with van der Waals surface area (Å²) in [5.41, 5.74) is 1.18. The Labute approximate surface area is 142 Å². The molecule has 5 nitrogen and oxygen atoms in total. The lowest BCUT2D eigenvalue weighted by Gasteiger charge is -2.30. The Morgan fingerprint density at radius 1 is 1.39 bits per heavy atom. The maximum atomic E-state index is 12.0. The number of nitrogens with one attached hydrogen (secondary N) is 2. The van der Waals surface area contributed by atoms with Crippen LogP contribution < -0.4 is 10.6 Å². The molecule has 130 valence electrons. The molecular weight excluding hydrogens is 310 g/mol. The average Bonchev–Trinajstić information content (AvgIpc) is 2.97. The highest BCUT2D eigenvalue weighted by Crippen LogP contribution is 2.24. The lowest BCUT2D eigenvalue weighted by molar-refractivity contribution is 0.154. The first-order chi connectivity index (χ1) is 10.9. The number of aliphatic hydroxyl groups excluding tert-OH is 1. The summed E-state index contributed by atoms with van der Waals surface area (Å²) < 4.78 is 0. The molecule has 3 N–H and O–H groups in total. The number of hydrogen-bond acceptors (Lipinski definition) is 4. The molecule has 0 aliphatic heterocycles. The van der Waals surface area contributed by atoms with Gasteiger partial charge in [0.2, 0.25) is 0 Å². The molecule has 0 radical (unpaired) electrons. The smallest absolute Gasteiger partial charge is 0.315 e. The number of rotatable bonds is 5. The summed E-state index contributed by atoms with van der Waals surface area (Å²) >= 11 is 1.65. The maximum Gasteiger partial charge on any atom is 0.315 e. The van der Waals surface area contributed by atoms with Crippen LogP contribution in [0.4, 0.5) is 4.79 Å². The van der Waals surface area contributed by atoms with Crippen LogP contribution in [-0.2, 0) is 11.8 Å². The van der Waals surface area contributed by atoms with Crippen LogP contribution >= 0.6 is 11.3 Å². The SMILES string of the molecule is CC(C)(C)c1csc(CCNC(=O)NC2CCCCC2CO)n1. The number of carbonyl (C=O) groups is 1. The predicted molar refractivity (Wildman–Crippen MR) is 93.9 cm³/mol. The van der Waals surface area contributed by atoms with Gasteiger partial charge in [0.1, 0.15) is 0 Å². The Hall–Kier alpha value is -1.14. The highest BCUT2D eigenvalue weighted by atomic mass is 32.1. The summed E-state index contributed by atoms with van der Waals surface area (Å²) in [6.07, 6.45) is 4.97. The fourth-order valence-electron chi connectivity index (χ4n) is 2.89. The Bertz CT molecular complexity index is 510. The van der Waals surface area contributed by atoms with Gasteiger partial charge in [0, 0.05) is 42.3 Å². The molecule has 2 amide bonds. The zero-order valence-electron chi connectivity index (χ0n) is 14.4. The molecule has 1 aromatic rings. The van der Waals surface area contributed by atoms with Gasteiger partial charge in [-0.3, -0.25) is 0 Å². The van der Waals surface area contributed by atoms with Gasteiger partial charge in [-0.2, -0.15) is 0 Å². The number of urea groups is 1. The van der Waals surface area contributed by atoms with E-state index in [-0.39, 0.29) is 30.0 Å². The number of amides is 2. The van der Waals surface area contributed by atoms with Gasteiger partial charge in [0.25, 0.3) is 0 Å². The van der Waals surface area contributed by atoms with E-state index in [2.05, 4.69) is 41.8 Å². The Kier molecular flexibility index (Phi) is 6.41. The number of aromatic nitrogens is 1. The first-order valence-corrected chi connectivity index (χ1v) is 9.38. The molecule has 1 aliphatic carbocycles. The van der Waals surface area contributed by atoms with E-state index in [1.165, 1.54) is 0 Å². The first kappa shape index (κ1) is 18.2. The third-order valence-corrected chi connectivity index (χ3v) is 5.31. The molecular formula is C17H29N3O2S. The van der Waals surface area contributed by atoms with E-state index in [0.29, 0.717) is 6.54 Å². The van der Waals surface area contributed by atoms with Gasteiger partial charge < -0.3 is 15.7 Å². The number of hydrogen-bond donors (Lipinski definition) is 3. The third-order valence-electron chi connectivity index (χ3n) is 4.40. The summed E-state index contributed by atoms with van der Waals surface area (Å²) in [5, 5.41) is 18.5. The van der Waals surface area contributed by atoms with E-state index in [9.17, 15) is 9.90 Å². The summed E-state index contributed by atoms with van der Waals surface area (Å²) in [4.78, 5) is 16.6. The highest BCUT2D eigenvalue weighted by Gasteiger charge is 2.25. The largest absolute Gasteiger partial charge is 0.396 e. The van der Waals surface area contributed by atoms with Crippen molar-refractivity contribution in [2.24, 2.45) is 5.92 Å². The minimum Gasteiger partial charge on any atom is -0.396 e. The van der Waals surface area contributed by atoms with E-state index >= 15 is 0 Å². The van der Waals surface area contributed by atoms with E-state index < -0.39 is 0 Å². The van der Waals surface area contributed by atoms with Gasteiger partial charge in [0.05, 0.1) is 10.7 Å². The van der Waals surface area contributed by atoms with Crippen LogP contribution in [0.25, 0.3) is 0 Å². The maximum absolute atomic E-state index is 12.0. The third kappa shape index (κ3) is 5.46. The van der Waals surface area contributed by atoms with Gasteiger partial charge in [0.15, 0.2) is 0 Å². The molecule has 2 atom stereocenters. The van der Waals surface area contributed by atoms with Crippen molar-refractivity contribution in [1.29, 1.82) is 0 Å². The monoisotopic (exact) mass is 339 g/mol. The number of aliphatic hydroxyl groups is 1. The molecule has 0 bridgehead atoms.